The van der Waals surface area contributed by atoms with Crippen molar-refractivity contribution in [2.45, 2.75) is 64.5 Å². The van der Waals surface area contributed by atoms with Crippen molar-refractivity contribution in [2.75, 3.05) is 0 Å². The molecule has 2 unspecified atom stereocenters. The predicted molar refractivity (Wildman–Crippen MR) is 77.6 cm³/mol. The highest BCUT2D eigenvalue weighted by molar-refractivity contribution is 5.22. The summed E-state index contributed by atoms with van der Waals surface area (Å²) in [7, 11) is 0. The molecule has 0 saturated heterocycles. The van der Waals surface area contributed by atoms with Crippen molar-refractivity contribution in [2.24, 2.45) is 5.73 Å². The van der Waals surface area contributed by atoms with Crippen molar-refractivity contribution in [3.8, 4) is 0 Å². The number of hydrogen-bond donors (Lipinski definition) is 2. The molecule has 0 bridgehead atoms. The number of aliphatic hydroxyl groups excluding tert-OH is 1. The maximum atomic E-state index is 9.92. The fraction of sp³-hybridized carbons (Fsp3) is 0.625. The second-order valence-corrected chi connectivity index (χ2v) is 5.13. The standard InChI is InChI=1S/C16H27NO/c1-3-5-13-7-9-14(10-8-13)11-12-16(18)15(17)6-4-2/h7-10,15-16,18H,3-6,11-12,17H2,1-2H3. The highest BCUT2D eigenvalue weighted by atomic mass is 16.3. The van der Waals surface area contributed by atoms with Gasteiger partial charge in [0, 0.05) is 6.04 Å². The van der Waals surface area contributed by atoms with Crippen molar-refractivity contribution in [1.29, 1.82) is 0 Å². The zero-order valence-corrected chi connectivity index (χ0v) is 11.7. The van der Waals surface area contributed by atoms with E-state index in [1.807, 2.05) is 0 Å². The normalized spacial score (nSPS) is 14.4. The molecule has 0 fully saturated rings. The number of aryl methyl sites for hydroxylation is 2. The van der Waals surface area contributed by atoms with E-state index in [1.165, 1.54) is 17.5 Å². The van der Waals surface area contributed by atoms with E-state index in [4.69, 9.17) is 5.73 Å². The van der Waals surface area contributed by atoms with Crippen LogP contribution in [-0.4, -0.2) is 17.3 Å². The molecule has 0 aliphatic heterocycles. The quantitative estimate of drug-likeness (QED) is 0.744. The Morgan fingerprint density at radius 1 is 0.944 bits per heavy atom. The molecule has 2 atom stereocenters. The molecule has 1 aromatic rings. The summed E-state index contributed by atoms with van der Waals surface area (Å²) in [5.41, 5.74) is 8.59. The van der Waals surface area contributed by atoms with Crippen LogP contribution >= 0.6 is 0 Å². The van der Waals surface area contributed by atoms with Gasteiger partial charge in [-0.2, -0.15) is 0 Å². The molecule has 102 valence electrons. The van der Waals surface area contributed by atoms with Gasteiger partial charge in [-0.15, -0.1) is 0 Å². The summed E-state index contributed by atoms with van der Waals surface area (Å²) in [5.74, 6) is 0. The molecule has 0 radical (unpaired) electrons. The summed E-state index contributed by atoms with van der Waals surface area (Å²) in [4.78, 5) is 0. The first-order chi connectivity index (χ1) is 8.67. The summed E-state index contributed by atoms with van der Waals surface area (Å²) >= 11 is 0. The van der Waals surface area contributed by atoms with Crippen molar-refractivity contribution < 1.29 is 5.11 Å². The molecule has 0 amide bonds. The van der Waals surface area contributed by atoms with E-state index in [9.17, 15) is 5.11 Å². The van der Waals surface area contributed by atoms with Gasteiger partial charge in [-0.05, 0) is 36.8 Å². The molecular formula is C16H27NO. The molecule has 2 heteroatoms. The lowest BCUT2D eigenvalue weighted by atomic mass is 9.98. The van der Waals surface area contributed by atoms with Crippen LogP contribution in [0.25, 0.3) is 0 Å². The smallest absolute Gasteiger partial charge is 0.0694 e. The Labute approximate surface area is 111 Å². The SMILES string of the molecule is CCCc1ccc(CCC(O)C(N)CCC)cc1. The van der Waals surface area contributed by atoms with Gasteiger partial charge in [0.25, 0.3) is 0 Å². The van der Waals surface area contributed by atoms with E-state index < -0.39 is 0 Å². The number of rotatable bonds is 8. The highest BCUT2D eigenvalue weighted by Gasteiger charge is 2.13. The summed E-state index contributed by atoms with van der Waals surface area (Å²) in [5, 5.41) is 9.92. The number of nitrogens with two attached hydrogens (primary N) is 1. The lowest BCUT2D eigenvalue weighted by Crippen LogP contribution is -2.34. The van der Waals surface area contributed by atoms with E-state index >= 15 is 0 Å². The second-order valence-electron chi connectivity index (χ2n) is 5.13. The van der Waals surface area contributed by atoms with Crippen molar-refractivity contribution in [1.82, 2.24) is 0 Å². The fourth-order valence-electron chi connectivity index (χ4n) is 2.22. The van der Waals surface area contributed by atoms with Gasteiger partial charge in [0.05, 0.1) is 6.10 Å². The van der Waals surface area contributed by atoms with Gasteiger partial charge in [-0.25, -0.2) is 0 Å². The van der Waals surface area contributed by atoms with Crippen LogP contribution in [0.5, 0.6) is 0 Å². The highest BCUT2D eigenvalue weighted by Crippen LogP contribution is 2.11. The Kier molecular flexibility index (Phi) is 6.99. The Morgan fingerprint density at radius 2 is 1.50 bits per heavy atom. The number of aliphatic hydroxyl groups is 1. The fourth-order valence-corrected chi connectivity index (χ4v) is 2.22. The van der Waals surface area contributed by atoms with Crippen LogP contribution in [0.1, 0.15) is 50.7 Å². The van der Waals surface area contributed by atoms with Crippen LogP contribution in [0.2, 0.25) is 0 Å². The largest absolute Gasteiger partial charge is 0.392 e. The van der Waals surface area contributed by atoms with E-state index in [0.717, 1.165) is 32.1 Å². The Bertz CT molecular complexity index is 320. The van der Waals surface area contributed by atoms with Gasteiger partial charge >= 0.3 is 0 Å². The number of hydrogen-bond acceptors (Lipinski definition) is 2. The minimum absolute atomic E-state index is 0.0747. The van der Waals surface area contributed by atoms with Gasteiger partial charge in [-0.1, -0.05) is 51.0 Å². The monoisotopic (exact) mass is 249 g/mol. The molecule has 1 rings (SSSR count). The summed E-state index contributed by atoms with van der Waals surface area (Å²) < 4.78 is 0. The van der Waals surface area contributed by atoms with Gasteiger partial charge in [0.15, 0.2) is 0 Å². The van der Waals surface area contributed by atoms with E-state index in [2.05, 4.69) is 38.1 Å². The molecule has 0 spiro atoms. The maximum Gasteiger partial charge on any atom is 0.0694 e. The van der Waals surface area contributed by atoms with Gasteiger partial charge in [-0.3, -0.25) is 0 Å². The van der Waals surface area contributed by atoms with E-state index in [1.54, 1.807) is 0 Å². The van der Waals surface area contributed by atoms with Gasteiger partial charge in [0.2, 0.25) is 0 Å². The molecule has 3 N–H and O–H groups in total. The summed E-state index contributed by atoms with van der Waals surface area (Å²) in [6.07, 6.45) is 5.55. The molecule has 0 aliphatic rings. The molecule has 2 nitrogen and oxygen atoms in total. The van der Waals surface area contributed by atoms with E-state index in [-0.39, 0.29) is 12.1 Å². The first-order valence-corrected chi connectivity index (χ1v) is 7.18. The van der Waals surface area contributed by atoms with Crippen LogP contribution in [0.3, 0.4) is 0 Å². The van der Waals surface area contributed by atoms with Crippen molar-refractivity contribution in [3.05, 3.63) is 35.4 Å². The lowest BCUT2D eigenvalue weighted by molar-refractivity contribution is 0.131. The minimum Gasteiger partial charge on any atom is -0.392 e. The van der Waals surface area contributed by atoms with E-state index in [0.29, 0.717) is 0 Å². The lowest BCUT2D eigenvalue weighted by Gasteiger charge is -2.18. The Hall–Kier alpha value is -0.860. The first kappa shape index (κ1) is 15.2. The molecule has 0 aliphatic carbocycles. The van der Waals surface area contributed by atoms with Gasteiger partial charge in [0.1, 0.15) is 0 Å². The predicted octanol–water partition coefficient (Wildman–Crippen LogP) is 3.06. The maximum absolute atomic E-state index is 9.92. The Balaban J connectivity index is 2.38. The molecule has 0 saturated carbocycles. The zero-order valence-electron chi connectivity index (χ0n) is 11.7. The van der Waals surface area contributed by atoms with Crippen molar-refractivity contribution in [3.63, 3.8) is 0 Å². The van der Waals surface area contributed by atoms with Crippen LogP contribution in [0.15, 0.2) is 24.3 Å². The van der Waals surface area contributed by atoms with Crippen LogP contribution in [0, 0.1) is 0 Å². The third-order valence-corrected chi connectivity index (χ3v) is 3.41. The first-order valence-electron chi connectivity index (χ1n) is 7.18. The third kappa shape index (κ3) is 5.19. The van der Waals surface area contributed by atoms with Crippen LogP contribution in [0.4, 0.5) is 0 Å². The average molecular weight is 249 g/mol. The summed E-state index contributed by atoms with van der Waals surface area (Å²) in [6.45, 7) is 4.29. The van der Waals surface area contributed by atoms with Crippen LogP contribution in [-0.2, 0) is 12.8 Å². The Morgan fingerprint density at radius 3 is 2.00 bits per heavy atom. The topological polar surface area (TPSA) is 46.2 Å². The molecular weight excluding hydrogens is 222 g/mol. The minimum atomic E-state index is -0.375. The zero-order chi connectivity index (χ0) is 13.4. The molecule has 1 aromatic carbocycles. The number of benzene rings is 1. The van der Waals surface area contributed by atoms with Crippen molar-refractivity contribution >= 4 is 0 Å². The molecule has 0 heterocycles. The third-order valence-electron chi connectivity index (χ3n) is 3.41. The average Bonchev–Trinajstić information content (AvgIpc) is 2.38. The molecule has 18 heavy (non-hydrogen) atoms. The molecule has 0 aromatic heterocycles. The second kappa shape index (κ2) is 8.28. The van der Waals surface area contributed by atoms with Crippen LogP contribution < -0.4 is 5.73 Å². The summed E-state index contributed by atoms with van der Waals surface area (Å²) in [6, 6.07) is 8.65. The van der Waals surface area contributed by atoms with Gasteiger partial charge < -0.3 is 10.8 Å².